The number of rotatable bonds is 6. The predicted octanol–water partition coefficient (Wildman–Crippen LogP) is 3.62. The van der Waals surface area contributed by atoms with Gasteiger partial charge in [-0.1, -0.05) is 43.7 Å². The first-order chi connectivity index (χ1) is 9.72. The van der Waals surface area contributed by atoms with Gasteiger partial charge >= 0.3 is 0 Å². The number of hydrogen-bond donors (Lipinski definition) is 1. The van der Waals surface area contributed by atoms with Gasteiger partial charge in [-0.25, -0.2) is 0 Å². The number of ketones is 1. The Kier molecular flexibility index (Phi) is 4.77. The van der Waals surface area contributed by atoms with Crippen LogP contribution in [0.2, 0.25) is 0 Å². The van der Waals surface area contributed by atoms with Crippen LogP contribution in [0.5, 0.6) is 11.5 Å². The van der Waals surface area contributed by atoms with Gasteiger partial charge in [0, 0.05) is 11.6 Å². The van der Waals surface area contributed by atoms with E-state index >= 15 is 0 Å². The summed E-state index contributed by atoms with van der Waals surface area (Å²) in [7, 11) is 0. The molecule has 0 saturated heterocycles. The van der Waals surface area contributed by atoms with Crippen LogP contribution < -0.4 is 4.74 Å². The molecule has 3 heteroatoms. The number of unbranched alkanes of at least 4 members (excludes halogenated alkanes) is 1. The van der Waals surface area contributed by atoms with Crippen molar-refractivity contribution in [2.75, 3.05) is 6.61 Å². The van der Waals surface area contributed by atoms with Gasteiger partial charge in [0.1, 0.15) is 11.5 Å². The normalized spacial score (nSPS) is 10.2. The third kappa shape index (κ3) is 3.38. The maximum Gasteiger partial charge on any atom is 0.196 e. The molecule has 0 amide bonds. The number of phenolic OH excluding ortho intramolecular Hbond substituents is 1. The fourth-order valence-electron chi connectivity index (χ4n) is 1.83. The Labute approximate surface area is 118 Å². The minimum atomic E-state index is -0.201. The minimum absolute atomic E-state index is 0.0639. The van der Waals surface area contributed by atoms with E-state index in [0.717, 1.165) is 12.8 Å². The molecule has 0 unspecified atom stereocenters. The zero-order valence-corrected chi connectivity index (χ0v) is 11.2. The van der Waals surface area contributed by atoms with Crippen molar-refractivity contribution in [3.63, 3.8) is 0 Å². The Hall–Kier alpha value is -2.29. The van der Waals surface area contributed by atoms with Gasteiger partial charge in [0.25, 0.3) is 0 Å². The summed E-state index contributed by atoms with van der Waals surface area (Å²) in [6.45, 7) is 4.28. The molecule has 20 heavy (non-hydrogen) atoms. The zero-order chi connectivity index (χ0) is 14.4. The highest BCUT2D eigenvalue weighted by Gasteiger charge is 2.13. The number of hydrogen-bond acceptors (Lipinski definition) is 3. The van der Waals surface area contributed by atoms with Crippen LogP contribution in [0.4, 0.5) is 0 Å². The Morgan fingerprint density at radius 1 is 1.15 bits per heavy atom. The van der Waals surface area contributed by atoms with Crippen LogP contribution in [-0.2, 0) is 0 Å². The van der Waals surface area contributed by atoms with Crippen LogP contribution in [-0.4, -0.2) is 17.5 Å². The summed E-state index contributed by atoms with van der Waals surface area (Å²) in [6, 6.07) is 13.6. The third-order valence-corrected chi connectivity index (χ3v) is 2.91. The summed E-state index contributed by atoms with van der Waals surface area (Å²) in [5.74, 6) is 0.291. The van der Waals surface area contributed by atoms with Gasteiger partial charge in [-0.05, 0) is 18.6 Å². The van der Waals surface area contributed by atoms with Crippen LogP contribution in [0, 0.1) is 6.92 Å². The van der Waals surface area contributed by atoms with Gasteiger partial charge in [-0.3, -0.25) is 4.79 Å². The summed E-state index contributed by atoms with van der Waals surface area (Å²) >= 11 is 0. The Bertz CT molecular complexity index is 576. The topological polar surface area (TPSA) is 46.5 Å². The number of carbonyl (C=O) groups excluding carboxylic acids is 1. The molecule has 2 aromatic carbocycles. The molecule has 2 rings (SSSR count). The van der Waals surface area contributed by atoms with E-state index in [-0.39, 0.29) is 17.1 Å². The van der Waals surface area contributed by atoms with E-state index in [2.05, 4.69) is 6.92 Å². The van der Waals surface area contributed by atoms with Crippen molar-refractivity contribution >= 4 is 5.78 Å². The fraction of sp³-hybridized carbons (Fsp3) is 0.176. The molecule has 103 valence electrons. The molecule has 0 aromatic heterocycles. The van der Waals surface area contributed by atoms with Crippen molar-refractivity contribution in [3.8, 4) is 11.5 Å². The molecule has 0 aliphatic carbocycles. The predicted molar refractivity (Wildman–Crippen MR) is 78.1 cm³/mol. The lowest BCUT2D eigenvalue weighted by Crippen LogP contribution is -2.02. The largest absolute Gasteiger partial charge is 0.507 e. The lowest BCUT2D eigenvalue weighted by molar-refractivity contribution is 0.103. The molecule has 0 heterocycles. The van der Waals surface area contributed by atoms with Crippen LogP contribution in [0.15, 0.2) is 48.5 Å². The lowest BCUT2D eigenvalue weighted by atomic mass is 10.0. The van der Waals surface area contributed by atoms with Crippen LogP contribution in [0.3, 0.4) is 0 Å². The molecule has 0 bridgehead atoms. The standard InChI is InChI=1S/C17H17O3/c1-2-3-11-20-14-9-10-15(16(18)12-14)17(19)13-7-5-4-6-8-13/h4-10,12,18H,1-3,11H2. The number of carbonyl (C=O) groups is 1. The van der Waals surface area contributed by atoms with Crippen molar-refractivity contribution in [1.82, 2.24) is 0 Å². The molecule has 0 aliphatic rings. The SMILES string of the molecule is [CH2]CCCOc1ccc(C(=O)c2ccccc2)c(O)c1. The quantitative estimate of drug-likeness (QED) is 0.643. The average molecular weight is 269 g/mol. The molecule has 0 saturated carbocycles. The first-order valence-electron chi connectivity index (χ1n) is 6.57. The Morgan fingerprint density at radius 2 is 1.90 bits per heavy atom. The minimum Gasteiger partial charge on any atom is -0.507 e. The zero-order valence-electron chi connectivity index (χ0n) is 11.2. The summed E-state index contributed by atoms with van der Waals surface area (Å²) < 4.78 is 5.46. The number of phenols is 1. The van der Waals surface area contributed by atoms with Gasteiger partial charge in [-0.2, -0.15) is 0 Å². The van der Waals surface area contributed by atoms with Gasteiger partial charge in [-0.15, -0.1) is 0 Å². The maximum absolute atomic E-state index is 12.2. The highest BCUT2D eigenvalue weighted by molar-refractivity contribution is 6.10. The second-order valence-corrected chi connectivity index (χ2v) is 4.43. The van der Waals surface area contributed by atoms with Crippen LogP contribution >= 0.6 is 0 Å². The van der Waals surface area contributed by atoms with Crippen LogP contribution in [0.25, 0.3) is 0 Å². The fourth-order valence-corrected chi connectivity index (χ4v) is 1.83. The number of benzene rings is 2. The molecule has 0 fully saturated rings. The van der Waals surface area contributed by atoms with Gasteiger partial charge in [0.15, 0.2) is 5.78 Å². The lowest BCUT2D eigenvalue weighted by Gasteiger charge is -2.08. The summed E-state index contributed by atoms with van der Waals surface area (Å²) in [5.41, 5.74) is 0.828. The monoisotopic (exact) mass is 269 g/mol. The Balaban J connectivity index is 2.15. The first-order valence-corrected chi connectivity index (χ1v) is 6.57. The summed E-state index contributed by atoms with van der Waals surface area (Å²) in [4.78, 5) is 12.2. The van der Waals surface area contributed by atoms with E-state index in [0.29, 0.717) is 17.9 Å². The third-order valence-electron chi connectivity index (χ3n) is 2.91. The Morgan fingerprint density at radius 3 is 2.55 bits per heavy atom. The molecule has 1 radical (unpaired) electrons. The van der Waals surface area contributed by atoms with E-state index < -0.39 is 0 Å². The van der Waals surface area contributed by atoms with Crippen molar-refractivity contribution < 1.29 is 14.6 Å². The van der Waals surface area contributed by atoms with E-state index in [9.17, 15) is 9.90 Å². The highest BCUT2D eigenvalue weighted by atomic mass is 16.5. The second kappa shape index (κ2) is 6.75. The summed E-state index contributed by atoms with van der Waals surface area (Å²) in [5, 5.41) is 9.97. The van der Waals surface area contributed by atoms with Gasteiger partial charge in [0.05, 0.1) is 12.2 Å². The molecule has 3 nitrogen and oxygen atoms in total. The number of ether oxygens (including phenoxy) is 1. The van der Waals surface area contributed by atoms with E-state index in [1.165, 1.54) is 6.07 Å². The molecule has 0 spiro atoms. The van der Waals surface area contributed by atoms with E-state index in [4.69, 9.17) is 4.74 Å². The van der Waals surface area contributed by atoms with E-state index in [1.807, 2.05) is 6.07 Å². The maximum atomic E-state index is 12.2. The molecule has 1 N–H and O–H groups in total. The van der Waals surface area contributed by atoms with Crippen molar-refractivity contribution in [3.05, 3.63) is 66.6 Å². The number of aromatic hydroxyl groups is 1. The van der Waals surface area contributed by atoms with Gasteiger partial charge < -0.3 is 9.84 Å². The summed E-state index contributed by atoms with van der Waals surface area (Å²) in [6.07, 6.45) is 1.65. The highest BCUT2D eigenvalue weighted by Crippen LogP contribution is 2.26. The molecular weight excluding hydrogens is 252 g/mol. The molecule has 0 atom stereocenters. The average Bonchev–Trinajstić information content (AvgIpc) is 2.48. The second-order valence-electron chi connectivity index (χ2n) is 4.43. The van der Waals surface area contributed by atoms with Gasteiger partial charge in [0.2, 0.25) is 0 Å². The van der Waals surface area contributed by atoms with Crippen LogP contribution in [0.1, 0.15) is 28.8 Å². The molecular formula is C17H17O3. The van der Waals surface area contributed by atoms with Crippen molar-refractivity contribution in [2.45, 2.75) is 12.8 Å². The first kappa shape index (κ1) is 14.1. The van der Waals surface area contributed by atoms with Crippen molar-refractivity contribution in [1.29, 1.82) is 0 Å². The van der Waals surface area contributed by atoms with E-state index in [1.54, 1.807) is 36.4 Å². The van der Waals surface area contributed by atoms with Crippen molar-refractivity contribution in [2.24, 2.45) is 0 Å². The molecule has 0 aliphatic heterocycles. The smallest absolute Gasteiger partial charge is 0.196 e. The molecule has 2 aromatic rings.